The molecule has 4 heteroatoms. The highest BCUT2D eigenvalue weighted by Crippen LogP contribution is 2.19. The molecule has 0 aromatic rings. The molecule has 2 rings (SSSR count). The molecule has 1 unspecified atom stereocenters. The Morgan fingerprint density at radius 1 is 1.18 bits per heavy atom. The Bertz CT molecular complexity index is 234. The minimum atomic E-state index is 0.0321. The van der Waals surface area contributed by atoms with Crippen molar-refractivity contribution in [3.8, 4) is 0 Å². The lowest BCUT2D eigenvalue weighted by Crippen LogP contribution is -2.41. The van der Waals surface area contributed by atoms with Gasteiger partial charge in [-0.15, -0.1) is 0 Å². The second-order valence-corrected chi connectivity index (χ2v) is 5.07. The van der Waals surface area contributed by atoms with Crippen molar-refractivity contribution in [1.82, 2.24) is 10.6 Å². The van der Waals surface area contributed by atoms with Crippen LogP contribution >= 0.6 is 0 Å². The van der Waals surface area contributed by atoms with Gasteiger partial charge < -0.3 is 15.4 Å². The van der Waals surface area contributed by atoms with Crippen molar-refractivity contribution in [2.75, 3.05) is 19.7 Å². The largest absolute Gasteiger partial charge is 0.376 e. The lowest BCUT2D eigenvalue weighted by atomic mass is 9.98. The molecule has 2 N–H and O–H groups in total. The second kappa shape index (κ2) is 6.97. The molecule has 98 valence electrons. The van der Waals surface area contributed by atoms with Crippen molar-refractivity contribution >= 4 is 5.91 Å². The number of carbonyl (C=O) groups is 1. The number of rotatable bonds is 5. The van der Waals surface area contributed by atoms with E-state index in [1.807, 2.05) is 0 Å². The van der Waals surface area contributed by atoms with Gasteiger partial charge in [-0.1, -0.05) is 19.3 Å². The van der Waals surface area contributed by atoms with Crippen LogP contribution in [0, 0.1) is 0 Å². The van der Waals surface area contributed by atoms with E-state index in [2.05, 4.69) is 10.6 Å². The maximum absolute atomic E-state index is 11.7. The minimum absolute atomic E-state index is 0.0321. The molecule has 1 aliphatic carbocycles. The first-order valence-electron chi connectivity index (χ1n) is 6.99. The fraction of sp³-hybridized carbons (Fsp3) is 0.923. The summed E-state index contributed by atoms with van der Waals surface area (Å²) < 4.78 is 5.76. The van der Waals surface area contributed by atoms with Crippen molar-refractivity contribution in [3.05, 3.63) is 0 Å². The van der Waals surface area contributed by atoms with Gasteiger partial charge >= 0.3 is 0 Å². The Balaban J connectivity index is 1.51. The fourth-order valence-corrected chi connectivity index (χ4v) is 2.66. The standard InChI is InChI=1S/C13H24N2O2/c16-13(12-7-4-8-14-12)15-9-10-17-11-5-2-1-3-6-11/h11-12,14H,1-10H2,(H,15,16). The third kappa shape index (κ3) is 4.28. The summed E-state index contributed by atoms with van der Waals surface area (Å²) in [7, 11) is 0. The van der Waals surface area contributed by atoms with E-state index in [1.54, 1.807) is 0 Å². The summed E-state index contributed by atoms with van der Waals surface area (Å²) in [5.41, 5.74) is 0. The van der Waals surface area contributed by atoms with Gasteiger partial charge in [0.05, 0.1) is 18.8 Å². The van der Waals surface area contributed by atoms with Gasteiger partial charge in [-0.3, -0.25) is 4.79 Å². The first kappa shape index (κ1) is 12.8. The van der Waals surface area contributed by atoms with Crippen LogP contribution in [0.15, 0.2) is 0 Å². The molecule has 0 bridgehead atoms. The van der Waals surface area contributed by atoms with Gasteiger partial charge in [0.1, 0.15) is 0 Å². The maximum atomic E-state index is 11.7. The first-order chi connectivity index (χ1) is 8.36. The summed E-state index contributed by atoms with van der Waals surface area (Å²) in [5, 5.41) is 6.13. The van der Waals surface area contributed by atoms with Crippen LogP contribution < -0.4 is 10.6 Å². The van der Waals surface area contributed by atoms with Crippen LogP contribution in [0.1, 0.15) is 44.9 Å². The number of amides is 1. The van der Waals surface area contributed by atoms with E-state index in [1.165, 1.54) is 32.1 Å². The molecular weight excluding hydrogens is 216 g/mol. The molecule has 0 spiro atoms. The minimum Gasteiger partial charge on any atom is -0.376 e. The molecule has 1 amide bonds. The molecule has 0 aromatic carbocycles. The molecule has 1 aliphatic heterocycles. The molecule has 1 atom stereocenters. The molecule has 2 fully saturated rings. The van der Waals surface area contributed by atoms with Gasteiger partial charge in [0.15, 0.2) is 0 Å². The quantitative estimate of drug-likeness (QED) is 0.710. The Morgan fingerprint density at radius 2 is 2.00 bits per heavy atom. The van der Waals surface area contributed by atoms with Crippen LogP contribution in [0.25, 0.3) is 0 Å². The van der Waals surface area contributed by atoms with Gasteiger partial charge in [0.2, 0.25) is 5.91 Å². The molecule has 4 nitrogen and oxygen atoms in total. The van der Waals surface area contributed by atoms with Crippen LogP contribution in [-0.2, 0) is 9.53 Å². The van der Waals surface area contributed by atoms with Gasteiger partial charge in [0.25, 0.3) is 0 Å². The van der Waals surface area contributed by atoms with E-state index < -0.39 is 0 Å². The van der Waals surface area contributed by atoms with Crippen molar-refractivity contribution in [3.63, 3.8) is 0 Å². The smallest absolute Gasteiger partial charge is 0.237 e. The lowest BCUT2D eigenvalue weighted by molar-refractivity contribution is -0.123. The van der Waals surface area contributed by atoms with Crippen molar-refractivity contribution in [1.29, 1.82) is 0 Å². The number of nitrogens with one attached hydrogen (secondary N) is 2. The highest BCUT2D eigenvalue weighted by molar-refractivity contribution is 5.81. The predicted octanol–water partition coefficient (Wildman–Crippen LogP) is 1.20. The summed E-state index contributed by atoms with van der Waals surface area (Å²) in [6.45, 7) is 2.27. The zero-order valence-electron chi connectivity index (χ0n) is 10.5. The van der Waals surface area contributed by atoms with Crippen LogP contribution in [0.2, 0.25) is 0 Å². The molecule has 1 heterocycles. The SMILES string of the molecule is O=C(NCCOC1CCCCC1)C1CCCN1. The molecule has 1 saturated heterocycles. The number of hydrogen-bond acceptors (Lipinski definition) is 3. The van der Waals surface area contributed by atoms with Gasteiger partial charge in [0, 0.05) is 6.54 Å². The topological polar surface area (TPSA) is 50.4 Å². The second-order valence-electron chi connectivity index (χ2n) is 5.07. The molecular formula is C13H24N2O2. The van der Waals surface area contributed by atoms with E-state index in [4.69, 9.17) is 4.74 Å². The van der Waals surface area contributed by atoms with E-state index in [9.17, 15) is 4.79 Å². The molecule has 0 aromatic heterocycles. The third-order valence-corrected chi connectivity index (χ3v) is 3.68. The normalized spacial score (nSPS) is 26.0. The Labute approximate surface area is 103 Å². The number of ether oxygens (including phenoxy) is 1. The molecule has 17 heavy (non-hydrogen) atoms. The average Bonchev–Trinajstić information content (AvgIpc) is 2.89. The van der Waals surface area contributed by atoms with E-state index in [0.29, 0.717) is 19.3 Å². The summed E-state index contributed by atoms with van der Waals surface area (Å²) in [6.07, 6.45) is 8.84. The Kier molecular flexibility index (Phi) is 5.26. The van der Waals surface area contributed by atoms with Crippen LogP contribution in [0.4, 0.5) is 0 Å². The first-order valence-corrected chi connectivity index (χ1v) is 6.99. The van der Waals surface area contributed by atoms with Crippen LogP contribution in [-0.4, -0.2) is 37.7 Å². The van der Waals surface area contributed by atoms with Crippen molar-refractivity contribution in [2.24, 2.45) is 0 Å². The maximum Gasteiger partial charge on any atom is 0.237 e. The number of carbonyl (C=O) groups excluding carboxylic acids is 1. The monoisotopic (exact) mass is 240 g/mol. The predicted molar refractivity (Wildman–Crippen MR) is 66.9 cm³/mol. The summed E-state index contributed by atoms with van der Waals surface area (Å²) >= 11 is 0. The lowest BCUT2D eigenvalue weighted by Gasteiger charge is -2.22. The van der Waals surface area contributed by atoms with Crippen LogP contribution in [0.5, 0.6) is 0 Å². The fourth-order valence-electron chi connectivity index (χ4n) is 2.66. The van der Waals surface area contributed by atoms with E-state index >= 15 is 0 Å². The highest BCUT2D eigenvalue weighted by Gasteiger charge is 2.21. The van der Waals surface area contributed by atoms with E-state index in [0.717, 1.165) is 19.4 Å². The van der Waals surface area contributed by atoms with Gasteiger partial charge in [-0.05, 0) is 32.2 Å². The number of hydrogen-bond donors (Lipinski definition) is 2. The van der Waals surface area contributed by atoms with Crippen molar-refractivity contribution in [2.45, 2.75) is 57.1 Å². The molecule has 0 radical (unpaired) electrons. The van der Waals surface area contributed by atoms with E-state index in [-0.39, 0.29) is 11.9 Å². The molecule has 2 aliphatic rings. The zero-order valence-corrected chi connectivity index (χ0v) is 10.5. The average molecular weight is 240 g/mol. The summed E-state index contributed by atoms with van der Waals surface area (Å²) in [4.78, 5) is 11.7. The van der Waals surface area contributed by atoms with Gasteiger partial charge in [-0.2, -0.15) is 0 Å². The summed E-state index contributed by atoms with van der Waals surface area (Å²) in [6, 6.07) is 0.0321. The molecule has 1 saturated carbocycles. The third-order valence-electron chi connectivity index (χ3n) is 3.68. The highest BCUT2D eigenvalue weighted by atomic mass is 16.5. The van der Waals surface area contributed by atoms with Crippen LogP contribution in [0.3, 0.4) is 0 Å². The van der Waals surface area contributed by atoms with Gasteiger partial charge in [-0.25, -0.2) is 0 Å². The zero-order chi connectivity index (χ0) is 11.9. The van der Waals surface area contributed by atoms with Crippen molar-refractivity contribution < 1.29 is 9.53 Å². The summed E-state index contributed by atoms with van der Waals surface area (Å²) in [5.74, 6) is 0.134. The Morgan fingerprint density at radius 3 is 2.71 bits per heavy atom. The Hall–Kier alpha value is -0.610.